The van der Waals surface area contributed by atoms with Crippen LogP contribution in [-0.4, -0.2) is 11.1 Å². The number of hydrogen-bond donors (Lipinski definition) is 1. The summed E-state index contributed by atoms with van der Waals surface area (Å²) in [5.41, 5.74) is 4.31. The van der Waals surface area contributed by atoms with E-state index in [0.29, 0.717) is 0 Å². The highest BCUT2D eigenvalue weighted by atomic mass is 16.5. The summed E-state index contributed by atoms with van der Waals surface area (Å²) in [6.45, 7) is 8.23. The molecule has 2 aromatic carbocycles. The predicted octanol–water partition coefficient (Wildman–Crippen LogP) is 5.38. The van der Waals surface area contributed by atoms with Crippen LogP contribution < -0.4 is 10.1 Å². The molecular weight excluding hydrogens is 284 g/mol. The monoisotopic (exact) mass is 306 g/mol. The Morgan fingerprint density at radius 1 is 0.957 bits per heavy atom. The van der Waals surface area contributed by atoms with Gasteiger partial charge in [-0.3, -0.25) is 0 Å². The third kappa shape index (κ3) is 3.45. The number of ether oxygens (including phenoxy) is 1. The van der Waals surface area contributed by atoms with E-state index in [1.165, 1.54) is 0 Å². The minimum Gasteiger partial charge on any atom is -0.491 e. The summed E-state index contributed by atoms with van der Waals surface area (Å²) in [6, 6.07) is 16.4. The van der Waals surface area contributed by atoms with E-state index >= 15 is 0 Å². The van der Waals surface area contributed by atoms with E-state index in [0.717, 1.165) is 39.3 Å². The molecule has 0 radical (unpaired) electrons. The molecule has 0 aliphatic heterocycles. The molecule has 3 rings (SSSR count). The Bertz CT molecular complexity index is 840. The highest BCUT2D eigenvalue weighted by Gasteiger charge is 2.08. The molecule has 0 bridgehead atoms. The van der Waals surface area contributed by atoms with Crippen LogP contribution in [0.1, 0.15) is 25.0 Å². The molecule has 118 valence electrons. The molecule has 0 atom stereocenters. The van der Waals surface area contributed by atoms with Crippen LogP contribution in [0.2, 0.25) is 0 Å². The van der Waals surface area contributed by atoms with E-state index < -0.39 is 0 Å². The Morgan fingerprint density at radius 2 is 1.74 bits per heavy atom. The minimum atomic E-state index is 0.175. The molecule has 3 heteroatoms. The van der Waals surface area contributed by atoms with Crippen LogP contribution in [0.15, 0.2) is 48.5 Å². The molecule has 3 nitrogen and oxygen atoms in total. The number of para-hydroxylation sites is 1. The van der Waals surface area contributed by atoms with Crippen molar-refractivity contribution < 1.29 is 4.74 Å². The Hall–Kier alpha value is -2.55. The van der Waals surface area contributed by atoms with Crippen molar-refractivity contribution in [3.8, 4) is 5.75 Å². The molecule has 0 saturated carbocycles. The van der Waals surface area contributed by atoms with Gasteiger partial charge in [0.1, 0.15) is 11.6 Å². The summed E-state index contributed by atoms with van der Waals surface area (Å²) >= 11 is 0. The van der Waals surface area contributed by atoms with E-state index in [-0.39, 0.29) is 6.10 Å². The van der Waals surface area contributed by atoms with Gasteiger partial charge in [0.15, 0.2) is 0 Å². The summed E-state index contributed by atoms with van der Waals surface area (Å²) in [4.78, 5) is 4.67. The normalized spacial score (nSPS) is 11.0. The second-order valence-electron chi connectivity index (χ2n) is 6.11. The van der Waals surface area contributed by atoms with Crippen molar-refractivity contribution in [3.63, 3.8) is 0 Å². The lowest BCUT2D eigenvalue weighted by Gasteiger charge is -2.16. The number of pyridine rings is 1. The first-order chi connectivity index (χ1) is 11.0. The maximum Gasteiger partial charge on any atom is 0.131 e. The van der Waals surface area contributed by atoms with Crippen LogP contribution in [0.3, 0.4) is 0 Å². The first-order valence-corrected chi connectivity index (χ1v) is 7.93. The van der Waals surface area contributed by atoms with E-state index in [1.807, 2.05) is 38.1 Å². The fourth-order valence-electron chi connectivity index (χ4n) is 2.58. The van der Waals surface area contributed by atoms with Crippen molar-refractivity contribution in [1.82, 2.24) is 4.98 Å². The van der Waals surface area contributed by atoms with Crippen molar-refractivity contribution in [2.75, 3.05) is 5.32 Å². The van der Waals surface area contributed by atoms with Gasteiger partial charge in [-0.1, -0.05) is 18.2 Å². The van der Waals surface area contributed by atoms with Crippen molar-refractivity contribution in [2.45, 2.75) is 33.8 Å². The number of hydrogen-bond acceptors (Lipinski definition) is 3. The van der Waals surface area contributed by atoms with E-state index in [2.05, 4.69) is 48.4 Å². The summed E-state index contributed by atoms with van der Waals surface area (Å²) in [6.07, 6.45) is 0.175. The van der Waals surface area contributed by atoms with E-state index in [4.69, 9.17) is 4.74 Å². The zero-order valence-electron chi connectivity index (χ0n) is 14.1. The van der Waals surface area contributed by atoms with Gasteiger partial charge >= 0.3 is 0 Å². The molecule has 0 unspecified atom stereocenters. The SMILES string of the molecule is Cc1cc(OC(C)C)c(C)cc1Nc1ccc2ccccc2n1. The Balaban J connectivity index is 1.90. The Labute approximate surface area is 137 Å². The third-order valence-electron chi connectivity index (χ3n) is 3.75. The lowest BCUT2D eigenvalue weighted by Crippen LogP contribution is -2.07. The second kappa shape index (κ2) is 6.29. The number of rotatable bonds is 4. The molecular formula is C20H22N2O. The maximum absolute atomic E-state index is 5.85. The van der Waals surface area contributed by atoms with Crippen LogP contribution in [-0.2, 0) is 0 Å². The molecule has 0 aliphatic carbocycles. The molecule has 0 saturated heterocycles. The molecule has 0 amide bonds. The molecule has 0 fully saturated rings. The van der Waals surface area contributed by atoms with Gasteiger partial charge in [0.05, 0.1) is 11.6 Å². The molecule has 3 aromatic rings. The average molecular weight is 306 g/mol. The van der Waals surface area contributed by atoms with Gasteiger partial charge in [0.2, 0.25) is 0 Å². The fraction of sp³-hybridized carbons (Fsp3) is 0.250. The van der Waals surface area contributed by atoms with Crippen LogP contribution in [0, 0.1) is 13.8 Å². The van der Waals surface area contributed by atoms with Gasteiger partial charge in [-0.2, -0.15) is 0 Å². The van der Waals surface area contributed by atoms with Crippen molar-refractivity contribution >= 4 is 22.4 Å². The molecule has 1 N–H and O–H groups in total. The van der Waals surface area contributed by atoms with Crippen LogP contribution in [0.25, 0.3) is 10.9 Å². The molecule has 1 heterocycles. The largest absolute Gasteiger partial charge is 0.491 e. The van der Waals surface area contributed by atoms with Crippen LogP contribution in [0.5, 0.6) is 5.75 Å². The first kappa shape index (κ1) is 15.3. The molecule has 23 heavy (non-hydrogen) atoms. The molecule has 1 aromatic heterocycles. The van der Waals surface area contributed by atoms with Gasteiger partial charge in [-0.25, -0.2) is 4.98 Å². The highest BCUT2D eigenvalue weighted by molar-refractivity contribution is 5.81. The third-order valence-corrected chi connectivity index (χ3v) is 3.75. The number of anilines is 2. The number of nitrogens with zero attached hydrogens (tertiary/aromatic N) is 1. The Morgan fingerprint density at radius 3 is 2.52 bits per heavy atom. The van der Waals surface area contributed by atoms with E-state index in [9.17, 15) is 0 Å². The maximum atomic E-state index is 5.85. The second-order valence-corrected chi connectivity index (χ2v) is 6.11. The fourth-order valence-corrected chi connectivity index (χ4v) is 2.58. The average Bonchev–Trinajstić information content (AvgIpc) is 2.51. The molecule has 0 aliphatic rings. The summed E-state index contributed by atoms with van der Waals surface area (Å²) < 4.78 is 5.85. The van der Waals surface area contributed by atoms with Gasteiger partial charge in [0, 0.05) is 11.1 Å². The smallest absolute Gasteiger partial charge is 0.131 e. The van der Waals surface area contributed by atoms with Gasteiger partial charge in [-0.05, 0) is 69.2 Å². The van der Waals surface area contributed by atoms with Gasteiger partial charge in [-0.15, -0.1) is 0 Å². The number of aromatic nitrogens is 1. The standard InChI is InChI=1S/C20H22N2O/c1-13(2)23-19-12-14(3)18(11-15(19)4)22-20-10-9-16-7-5-6-8-17(16)21-20/h5-13H,1-4H3,(H,21,22). The number of fused-ring (bicyclic) bond motifs is 1. The lowest BCUT2D eigenvalue weighted by molar-refractivity contribution is 0.240. The minimum absolute atomic E-state index is 0.175. The van der Waals surface area contributed by atoms with E-state index in [1.54, 1.807) is 0 Å². The van der Waals surface area contributed by atoms with Crippen LogP contribution in [0.4, 0.5) is 11.5 Å². The van der Waals surface area contributed by atoms with Gasteiger partial charge in [0.25, 0.3) is 0 Å². The number of aryl methyl sites for hydroxylation is 2. The predicted molar refractivity (Wildman–Crippen MR) is 96.7 cm³/mol. The number of benzene rings is 2. The van der Waals surface area contributed by atoms with Crippen molar-refractivity contribution in [3.05, 3.63) is 59.7 Å². The quantitative estimate of drug-likeness (QED) is 0.702. The zero-order chi connectivity index (χ0) is 16.4. The topological polar surface area (TPSA) is 34.1 Å². The lowest BCUT2D eigenvalue weighted by atomic mass is 10.1. The molecule has 0 spiro atoms. The Kier molecular flexibility index (Phi) is 4.20. The van der Waals surface area contributed by atoms with Crippen LogP contribution >= 0.6 is 0 Å². The highest BCUT2D eigenvalue weighted by Crippen LogP contribution is 2.29. The van der Waals surface area contributed by atoms with Gasteiger partial charge < -0.3 is 10.1 Å². The van der Waals surface area contributed by atoms with Crippen molar-refractivity contribution in [1.29, 1.82) is 0 Å². The summed E-state index contributed by atoms with van der Waals surface area (Å²) in [5.74, 6) is 1.79. The number of nitrogens with one attached hydrogen (secondary N) is 1. The zero-order valence-corrected chi connectivity index (χ0v) is 14.1. The van der Waals surface area contributed by atoms with Crippen molar-refractivity contribution in [2.24, 2.45) is 0 Å². The first-order valence-electron chi connectivity index (χ1n) is 7.93. The summed E-state index contributed by atoms with van der Waals surface area (Å²) in [7, 11) is 0. The summed E-state index contributed by atoms with van der Waals surface area (Å²) in [5, 5.41) is 4.56.